The quantitative estimate of drug-likeness (QED) is 0.541. The number of nitrogens with zero attached hydrogens (tertiary/aromatic N) is 5. The number of aromatic nitrogens is 5. The zero-order valence-electron chi connectivity index (χ0n) is 9.30. The average Bonchev–Trinajstić information content (AvgIpc) is 2.79. The van der Waals surface area contributed by atoms with Crippen LogP contribution in [0.1, 0.15) is 5.69 Å². The van der Waals surface area contributed by atoms with E-state index in [-0.39, 0.29) is 5.56 Å². The van der Waals surface area contributed by atoms with E-state index in [2.05, 4.69) is 9.97 Å². The molecule has 0 aliphatic rings. The van der Waals surface area contributed by atoms with Crippen LogP contribution in [0.2, 0.25) is 0 Å². The fraction of sp³-hybridized carbons (Fsp3) is 0.300. The van der Waals surface area contributed by atoms with Gasteiger partial charge in [-0.3, -0.25) is 9.36 Å². The maximum absolute atomic E-state index is 12.1. The van der Waals surface area contributed by atoms with E-state index in [1.54, 1.807) is 12.5 Å². The van der Waals surface area contributed by atoms with Gasteiger partial charge in [0.25, 0.3) is 5.56 Å². The van der Waals surface area contributed by atoms with Crippen LogP contribution < -0.4 is 5.56 Å². The Balaban J connectivity index is 2.73. The summed E-state index contributed by atoms with van der Waals surface area (Å²) in [7, 11) is 3.74. The van der Waals surface area contributed by atoms with Gasteiger partial charge in [0.1, 0.15) is 5.65 Å². The summed E-state index contributed by atoms with van der Waals surface area (Å²) in [4.78, 5) is 20.5. The van der Waals surface area contributed by atoms with Gasteiger partial charge < -0.3 is 4.57 Å². The Kier molecular flexibility index (Phi) is 1.55. The van der Waals surface area contributed by atoms with Crippen LogP contribution in [0.3, 0.4) is 0 Å². The molecule has 0 bridgehead atoms. The van der Waals surface area contributed by atoms with Gasteiger partial charge in [0.05, 0.1) is 12.0 Å². The van der Waals surface area contributed by atoms with Crippen LogP contribution in [0.25, 0.3) is 16.9 Å². The van der Waals surface area contributed by atoms with Gasteiger partial charge in [-0.1, -0.05) is 0 Å². The van der Waals surface area contributed by atoms with E-state index in [0.717, 1.165) is 11.3 Å². The van der Waals surface area contributed by atoms with Crippen LogP contribution in [-0.2, 0) is 14.1 Å². The number of hydrogen-bond donors (Lipinski definition) is 0. The maximum Gasteiger partial charge on any atom is 0.287 e. The topological polar surface area (TPSA) is 57.1 Å². The molecule has 3 aromatic rings. The first kappa shape index (κ1) is 9.14. The van der Waals surface area contributed by atoms with Crippen molar-refractivity contribution in [1.82, 2.24) is 23.5 Å². The highest BCUT2D eigenvalue weighted by Crippen LogP contribution is 2.10. The van der Waals surface area contributed by atoms with E-state index in [4.69, 9.17) is 0 Å². The molecule has 82 valence electrons. The minimum absolute atomic E-state index is 0.121. The third-order valence-electron chi connectivity index (χ3n) is 2.75. The molecule has 0 fully saturated rings. The molecule has 0 atom stereocenters. The van der Waals surface area contributed by atoms with Crippen LogP contribution in [0, 0.1) is 6.92 Å². The number of aryl methyl sites for hydroxylation is 3. The fourth-order valence-electron chi connectivity index (χ4n) is 2.05. The van der Waals surface area contributed by atoms with E-state index in [1.807, 2.05) is 30.2 Å². The standard InChI is InChI=1S/C10H11N5O/c1-6-4-15-9(16)7-8(13(2)5-11-7)14(3)10(15)12-6/h4-5H,1-3H3. The van der Waals surface area contributed by atoms with Crippen LogP contribution in [-0.4, -0.2) is 23.5 Å². The molecule has 3 rings (SSSR count). The van der Waals surface area contributed by atoms with Gasteiger partial charge in [0, 0.05) is 20.3 Å². The lowest BCUT2D eigenvalue weighted by Crippen LogP contribution is -2.17. The second kappa shape index (κ2) is 2.72. The molecule has 16 heavy (non-hydrogen) atoms. The molecular weight excluding hydrogens is 206 g/mol. The summed E-state index contributed by atoms with van der Waals surface area (Å²) in [5.74, 6) is 0.638. The molecule has 0 N–H and O–H groups in total. The number of rotatable bonds is 0. The van der Waals surface area contributed by atoms with Gasteiger partial charge in [-0.05, 0) is 6.92 Å². The number of hydrogen-bond acceptors (Lipinski definition) is 3. The smallest absolute Gasteiger partial charge is 0.287 e. The summed E-state index contributed by atoms with van der Waals surface area (Å²) in [6.45, 7) is 1.87. The molecular formula is C10H11N5O. The predicted molar refractivity (Wildman–Crippen MR) is 59.4 cm³/mol. The zero-order chi connectivity index (χ0) is 11.4. The van der Waals surface area contributed by atoms with Crippen LogP contribution in [0.15, 0.2) is 17.3 Å². The first-order valence-electron chi connectivity index (χ1n) is 4.95. The third kappa shape index (κ3) is 0.932. The Bertz CT molecular complexity index is 754. The molecule has 0 aliphatic carbocycles. The molecule has 6 nitrogen and oxygen atoms in total. The summed E-state index contributed by atoms with van der Waals surface area (Å²) in [6, 6.07) is 0. The van der Waals surface area contributed by atoms with E-state index >= 15 is 0 Å². The first-order chi connectivity index (χ1) is 7.59. The predicted octanol–water partition coefficient (Wildman–Crippen LogP) is 0.228. The lowest BCUT2D eigenvalue weighted by molar-refractivity contribution is 0.842. The second-order valence-corrected chi connectivity index (χ2v) is 3.94. The SMILES string of the molecule is Cc1cn2c(=O)c3ncn(C)c3n(C)c2n1. The monoisotopic (exact) mass is 217 g/mol. The Morgan fingerprint density at radius 3 is 2.81 bits per heavy atom. The highest BCUT2D eigenvalue weighted by Gasteiger charge is 2.13. The van der Waals surface area contributed by atoms with Crippen molar-refractivity contribution in [3.05, 3.63) is 28.6 Å². The molecule has 0 saturated heterocycles. The molecule has 0 saturated carbocycles. The van der Waals surface area contributed by atoms with Crippen molar-refractivity contribution in [1.29, 1.82) is 0 Å². The van der Waals surface area contributed by atoms with Gasteiger partial charge in [-0.2, -0.15) is 0 Å². The van der Waals surface area contributed by atoms with Crippen molar-refractivity contribution in [2.24, 2.45) is 14.1 Å². The highest BCUT2D eigenvalue weighted by molar-refractivity contribution is 5.72. The Labute approximate surface area is 90.8 Å². The average molecular weight is 217 g/mol. The van der Waals surface area contributed by atoms with E-state index in [9.17, 15) is 4.79 Å². The molecule has 3 heterocycles. The van der Waals surface area contributed by atoms with Crippen molar-refractivity contribution >= 4 is 16.9 Å². The number of imidazole rings is 2. The van der Waals surface area contributed by atoms with E-state index < -0.39 is 0 Å². The Morgan fingerprint density at radius 2 is 2.06 bits per heavy atom. The highest BCUT2D eigenvalue weighted by atomic mass is 16.1. The van der Waals surface area contributed by atoms with Crippen LogP contribution in [0.5, 0.6) is 0 Å². The molecule has 3 aromatic heterocycles. The van der Waals surface area contributed by atoms with Gasteiger partial charge in [0.2, 0.25) is 5.78 Å². The largest absolute Gasteiger partial charge is 0.320 e. The molecule has 0 aliphatic heterocycles. The number of fused-ring (bicyclic) bond motifs is 2. The van der Waals surface area contributed by atoms with Crippen molar-refractivity contribution in [3.8, 4) is 0 Å². The molecule has 6 heteroatoms. The van der Waals surface area contributed by atoms with Gasteiger partial charge in [-0.15, -0.1) is 0 Å². The lowest BCUT2D eigenvalue weighted by Gasteiger charge is -2.04. The summed E-state index contributed by atoms with van der Waals surface area (Å²) in [5.41, 5.74) is 1.95. The minimum atomic E-state index is -0.121. The summed E-state index contributed by atoms with van der Waals surface area (Å²) in [6.07, 6.45) is 3.37. The molecule has 0 aromatic carbocycles. The Morgan fingerprint density at radius 1 is 1.31 bits per heavy atom. The van der Waals surface area contributed by atoms with Crippen molar-refractivity contribution in [3.63, 3.8) is 0 Å². The molecule has 0 unspecified atom stereocenters. The van der Waals surface area contributed by atoms with E-state index in [0.29, 0.717) is 11.3 Å². The Hall–Kier alpha value is -2.11. The first-order valence-corrected chi connectivity index (χ1v) is 4.95. The van der Waals surface area contributed by atoms with E-state index in [1.165, 1.54) is 4.40 Å². The normalized spacial score (nSPS) is 11.7. The lowest BCUT2D eigenvalue weighted by atomic mass is 10.5. The fourth-order valence-corrected chi connectivity index (χ4v) is 2.05. The van der Waals surface area contributed by atoms with Crippen molar-refractivity contribution in [2.75, 3.05) is 0 Å². The molecule has 0 spiro atoms. The maximum atomic E-state index is 12.1. The van der Waals surface area contributed by atoms with Gasteiger partial charge >= 0.3 is 0 Å². The van der Waals surface area contributed by atoms with Gasteiger partial charge in [0.15, 0.2) is 5.52 Å². The van der Waals surface area contributed by atoms with Gasteiger partial charge in [-0.25, -0.2) is 14.4 Å². The van der Waals surface area contributed by atoms with Crippen molar-refractivity contribution < 1.29 is 0 Å². The zero-order valence-corrected chi connectivity index (χ0v) is 9.30. The van der Waals surface area contributed by atoms with Crippen LogP contribution >= 0.6 is 0 Å². The van der Waals surface area contributed by atoms with Crippen molar-refractivity contribution in [2.45, 2.75) is 6.92 Å². The summed E-state index contributed by atoms with van der Waals surface area (Å²) >= 11 is 0. The molecule has 0 amide bonds. The summed E-state index contributed by atoms with van der Waals surface area (Å²) < 4.78 is 5.22. The molecule has 0 radical (unpaired) electrons. The third-order valence-corrected chi connectivity index (χ3v) is 2.75. The summed E-state index contributed by atoms with van der Waals surface area (Å²) in [5, 5.41) is 0. The van der Waals surface area contributed by atoms with Crippen LogP contribution in [0.4, 0.5) is 0 Å². The minimum Gasteiger partial charge on any atom is -0.320 e. The second-order valence-electron chi connectivity index (χ2n) is 3.94.